The molecule has 3 nitrogen and oxygen atoms in total. The molecule has 1 fully saturated rings. The largest absolute Gasteiger partial charge is 0.376 e. The Labute approximate surface area is 109 Å². The number of piperidine rings is 1. The number of nitrogens with one attached hydrogen (secondary N) is 1. The molecule has 18 heavy (non-hydrogen) atoms. The summed E-state index contributed by atoms with van der Waals surface area (Å²) in [4.78, 5) is 14.1. The normalized spacial score (nSPS) is 23.8. The third kappa shape index (κ3) is 3.49. The molecule has 1 aromatic rings. The molecule has 0 radical (unpaired) electrons. The van der Waals surface area contributed by atoms with E-state index in [9.17, 15) is 4.79 Å². The van der Waals surface area contributed by atoms with E-state index in [1.54, 1.807) is 0 Å². The van der Waals surface area contributed by atoms with Gasteiger partial charge in [0.2, 0.25) is 5.91 Å². The number of carbonyl (C=O) groups excluding carboxylic acids is 1. The average Bonchev–Trinajstić information content (AvgIpc) is 2.36. The van der Waals surface area contributed by atoms with E-state index >= 15 is 0 Å². The Morgan fingerprint density at radius 2 is 1.83 bits per heavy atom. The maximum atomic E-state index is 12.1. The fourth-order valence-electron chi connectivity index (χ4n) is 2.71. The van der Waals surface area contributed by atoms with Crippen molar-refractivity contribution >= 4 is 11.6 Å². The summed E-state index contributed by atoms with van der Waals surface area (Å²) >= 11 is 0. The quantitative estimate of drug-likeness (QED) is 0.889. The number of nitrogens with zero attached hydrogens (tertiary/aromatic N) is 1. The van der Waals surface area contributed by atoms with Crippen LogP contribution in [0.5, 0.6) is 0 Å². The first-order valence-corrected chi connectivity index (χ1v) is 6.72. The molecular formula is C15H22N2O. The molecule has 0 aromatic heterocycles. The van der Waals surface area contributed by atoms with Gasteiger partial charge >= 0.3 is 0 Å². The average molecular weight is 246 g/mol. The summed E-state index contributed by atoms with van der Waals surface area (Å²) in [6.45, 7) is 6.64. The summed E-state index contributed by atoms with van der Waals surface area (Å²) in [7, 11) is 0. The highest BCUT2D eigenvalue weighted by atomic mass is 16.2. The zero-order valence-corrected chi connectivity index (χ0v) is 11.2. The minimum atomic E-state index is 0.206. The molecule has 2 rings (SSSR count). The van der Waals surface area contributed by atoms with E-state index in [0.29, 0.717) is 18.4 Å². The van der Waals surface area contributed by atoms with Gasteiger partial charge in [0.25, 0.3) is 0 Å². The molecule has 0 spiro atoms. The maximum Gasteiger partial charge on any atom is 0.241 e. The van der Waals surface area contributed by atoms with Crippen molar-refractivity contribution in [1.29, 1.82) is 0 Å². The molecule has 2 atom stereocenters. The van der Waals surface area contributed by atoms with Crippen molar-refractivity contribution in [3.05, 3.63) is 30.3 Å². The van der Waals surface area contributed by atoms with Gasteiger partial charge in [-0.25, -0.2) is 0 Å². The molecule has 1 aliphatic rings. The summed E-state index contributed by atoms with van der Waals surface area (Å²) in [6.07, 6.45) is 1.23. The van der Waals surface area contributed by atoms with Gasteiger partial charge < -0.3 is 10.2 Å². The number of anilines is 1. The molecule has 1 heterocycles. The van der Waals surface area contributed by atoms with Crippen LogP contribution in [-0.2, 0) is 4.79 Å². The maximum absolute atomic E-state index is 12.1. The first-order chi connectivity index (χ1) is 8.65. The monoisotopic (exact) mass is 246 g/mol. The van der Waals surface area contributed by atoms with Gasteiger partial charge in [-0.3, -0.25) is 4.79 Å². The van der Waals surface area contributed by atoms with Gasteiger partial charge in [0, 0.05) is 18.8 Å². The van der Waals surface area contributed by atoms with E-state index < -0.39 is 0 Å². The van der Waals surface area contributed by atoms with E-state index in [1.807, 2.05) is 35.2 Å². The second kappa shape index (κ2) is 5.89. The topological polar surface area (TPSA) is 32.3 Å². The van der Waals surface area contributed by atoms with Crippen LogP contribution in [-0.4, -0.2) is 30.4 Å². The molecule has 3 heteroatoms. The van der Waals surface area contributed by atoms with Crippen molar-refractivity contribution in [3.8, 4) is 0 Å². The molecular weight excluding hydrogens is 224 g/mol. The van der Waals surface area contributed by atoms with Gasteiger partial charge in [-0.1, -0.05) is 32.0 Å². The lowest BCUT2D eigenvalue weighted by Gasteiger charge is -2.35. The molecule has 0 bridgehead atoms. The minimum absolute atomic E-state index is 0.206. The zero-order chi connectivity index (χ0) is 13.0. The van der Waals surface area contributed by atoms with Crippen LogP contribution in [0.4, 0.5) is 5.69 Å². The summed E-state index contributed by atoms with van der Waals surface area (Å²) in [5.74, 6) is 1.45. The van der Waals surface area contributed by atoms with Crippen molar-refractivity contribution in [2.75, 3.05) is 25.0 Å². The number of carbonyl (C=O) groups is 1. The van der Waals surface area contributed by atoms with Gasteiger partial charge in [-0.2, -0.15) is 0 Å². The van der Waals surface area contributed by atoms with Crippen LogP contribution >= 0.6 is 0 Å². The lowest BCUT2D eigenvalue weighted by Crippen LogP contribution is -2.44. The first kappa shape index (κ1) is 12.9. The Morgan fingerprint density at radius 1 is 1.22 bits per heavy atom. The highest BCUT2D eigenvalue weighted by Gasteiger charge is 2.24. The van der Waals surface area contributed by atoms with Crippen molar-refractivity contribution in [2.45, 2.75) is 20.3 Å². The van der Waals surface area contributed by atoms with Gasteiger partial charge in [-0.05, 0) is 30.4 Å². The number of hydrogen-bond acceptors (Lipinski definition) is 2. The Bertz CT molecular complexity index is 381. The Balaban J connectivity index is 1.84. The fraction of sp³-hybridized carbons (Fsp3) is 0.533. The third-order valence-electron chi connectivity index (χ3n) is 3.44. The first-order valence-electron chi connectivity index (χ1n) is 6.72. The molecule has 0 aliphatic carbocycles. The van der Waals surface area contributed by atoms with Crippen LogP contribution in [0.25, 0.3) is 0 Å². The van der Waals surface area contributed by atoms with Crippen LogP contribution in [0.3, 0.4) is 0 Å². The van der Waals surface area contributed by atoms with Gasteiger partial charge in [-0.15, -0.1) is 0 Å². The highest BCUT2D eigenvalue weighted by Crippen LogP contribution is 2.20. The smallest absolute Gasteiger partial charge is 0.241 e. The van der Waals surface area contributed by atoms with Crippen molar-refractivity contribution in [3.63, 3.8) is 0 Å². The van der Waals surface area contributed by atoms with Crippen LogP contribution in [0.2, 0.25) is 0 Å². The van der Waals surface area contributed by atoms with E-state index in [1.165, 1.54) is 6.42 Å². The van der Waals surface area contributed by atoms with Crippen LogP contribution < -0.4 is 5.32 Å². The zero-order valence-electron chi connectivity index (χ0n) is 11.2. The number of benzene rings is 1. The van der Waals surface area contributed by atoms with Gasteiger partial charge in [0.1, 0.15) is 0 Å². The van der Waals surface area contributed by atoms with E-state index in [0.717, 1.165) is 18.8 Å². The van der Waals surface area contributed by atoms with E-state index in [2.05, 4.69) is 19.2 Å². The fourth-order valence-corrected chi connectivity index (χ4v) is 2.71. The number of para-hydroxylation sites is 1. The Morgan fingerprint density at radius 3 is 2.44 bits per heavy atom. The van der Waals surface area contributed by atoms with Crippen LogP contribution in [0.1, 0.15) is 20.3 Å². The summed E-state index contributed by atoms with van der Waals surface area (Å²) < 4.78 is 0. The summed E-state index contributed by atoms with van der Waals surface area (Å²) in [6, 6.07) is 9.88. The molecule has 1 amide bonds. The third-order valence-corrected chi connectivity index (χ3v) is 3.44. The molecule has 0 saturated carbocycles. The molecule has 1 N–H and O–H groups in total. The van der Waals surface area contributed by atoms with E-state index in [4.69, 9.17) is 0 Å². The number of amides is 1. The van der Waals surface area contributed by atoms with Crippen LogP contribution in [0.15, 0.2) is 30.3 Å². The van der Waals surface area contributed by atoms with Crippen molar-refractivity contribution in [2.24, 2.45) is 11.8 Å². The second-order valence-corrected chi connectivity index (χ2v) is 5.46. The Kier molecular flexibility index (Phi) is 4.24. The number of likely N-dealkylation sites (tertiary alicyclic amines) is 1. The lowest BCUT2D eigenvalue weighted by atomic mass is 9.92. The van der Waals surface area contributed by atoms with Gasteiger partial charge in [0.05, 0.1) is 6.54 Å². The molecule has 98 valence electrons. The molecule has 1 saturated heterocycles. The van der Waals surface area contributed by atoms with Gasteiger partial charge in [0.15, 0.2) is 0 Å². The van der Waals surface area contributed by atoms with E-state index in [-0.39, 0.29) is 5.91 Å². The van der Waals surface area contributed by atoms with Crippen molar-refractivity contribution in [1.82, 2.24) is 4.90 Å². The molecule has 2 unspecified atom stereocenters. The lowest BCUT2D eigenvalue weighted by molar-refractivity contribution is -0.131. The highest BCUT2D eigenvalue weighted by molar-refractivity contribution is 5.81. The molecule has 1 aromatic carbocycles. The predicted molar refractivity (Wildman–Crippen MR) is 74.5 cm³/mol. The minimum Gasteiger partial charge on any atom is -0.376 e. The predicted octanol–water partition coefficient (Wildman–Crippen LogP) is 2.60. The second-order valence-electron chi connectivity index (χ2n) is 5.46. The summed E-state index contributed by atoms with van der Waals surface area (Å²) in [5, 5.41) is 3.18. The van der Waals surface area contributed by atoms with Crippen LogP contribution in [0, 0.1) is 11.8 Å². The standard InChI is InChI=1S/C15H22N2O/c1-12-8-13(2)11-17(10-12)15(18)9-16-14-6-4-3-5-7-14/h3-7,12-13,16H,8-11H2,1-2H3. The van der Waals surface area contributed by atoms with Crippen molar-refractivity contribution < 1.29 is 4.79 Å². The number of hydrogen-bond donors (Lipinski definition) is 1. The number of rotatable bonds is 3. The summed E-state index contributed by atoms with van der Waals surface area (Å²) in [5.41, 5.74) is 1.00. The SMILES string of the molecule is CC1CC(C)CN(C(=O)CNc2ccccc2)C1. The Hall–Kier alpha value is -1.51. The molecule has 1 aliphatic heterocycles.